The van der Waals surface area contributed by atoms with Crippen molar-refractivity contribution in [1.82, 2.24) is 15.2 Å². The van der Waals surface area contributed by atoms with Crippen LogP contribution in [0.15, 0.2) is 18.2 Å². The summed E-state index contributed by atoms with van der Waals surface area (Å²) in [5, 5.41) is 9.31. The number of carbonyl (C=O) groups is 1. The Labute approximate surface area is 120 Å². The highest BCUT2D eigenvalue weighted by Crippen LogP contribution is 2.37. The normalized spacial score (nSPS) is 14.0. The Morgan fingerprint density at radius 1 is 1.52 bits per heavy atom. The van der Waals surface area contributed by atoms with Crippen LogP contribution in [0.4, 0.5) is 10.1 Å². The van der Waals surface area contributed by atoms with Crippen LogP contribution in [-0.4, -0.2) is 27.7 Å². The predicted molar refractivity (Wildman–Crippen MR) is 73.9 cm³/mol. The summed E-state index contributed by atoms with van der Waals surface area (Å²) in [7, 11) is 0. The van der Waals surface area contributed by atoms with E-state index >= 15 is 0 Å². The molecule has 1 heterocycles. The minimum Gasteiger partial charge on any atom is -0.492 e. The quantitative estimate of drug-likeness (QED) is 0.886. The smallest absolute Gasteiger partial charge is 0.295 e. The molecule has 0 saturated heterocycles. The summed E-state index contributed by atoms with van der Waals surface area (Å²) in [6.07, 6.45) is 2.14. The zero-order chi connectivity index (χ0) is 14.8. The van der Waals surface area contributed by atoms with Gasteiger partial charge in [-0.1, -0.05) is 0 Å². The molecule has 2 aromatic rings. The third-order valence-electron chi connectivity index (χ3n) is 3.16. The van der Waals surface area contributed by atoms with E-state index in [0.717, 1.165) is 18.7 Å². The number of nitrogens with zero attached hydrogens (tertiary/aromatic N) is 2. The van der Waals surface area contributed by atoms with Crippen molar-refractivity contribution < 1.29 is 13.9 Å². The molecule has 0 radical (unpaired) electrons. The van der Waals surface area contributed by atoms with Gasteiger partial charge >= 0.3 is 0 Å². The van der Waals surface area contributed by atoms with Gasteiger partial charge in [-0.2, -0.15) is 0 Å². The van der Waals surface area contributed by atoms with E-state index in [1.54, 1.807) is 6.92 Å². The van der Waals surface area contributed by atoms with Gasteiger partial charge in [-0.25, -0.2) is 9.37 Å². The third kappa shape index (κ3) is 3.01. The van der Waals surface area contributed by atoms with Crippen molar-refractivity contribution in [3.05, 3.63) is 35.7 Å². The molecule has 1 aliphatic rings. The van der Waals surface area contributed by atoms with Crippen LogP contribution in [0.5, 0.6) is 5.75 Å². The number of hydrogen-bond acceptors (Lipinski definition) is 4. The molecular weight excluding hydrogens is 275 g/mol. The molecule has 0 bridgehead atoms. The molecule has 0 unspecified atom stereocenters. The van der Waals surface area contributed by atoms with Gasteiger partial charge in [0.25, 0.3) is 5.91 Å². The first kappa shape index (κ1) is 13.5. The Kier molecular flexibility index (Phi) is 3.55. The van der Waals surface area contributed by atoms with Gasteiger partial charge in [-0.3, -0.25) is 9.89 Å². The van der Waals surface area contributed by atoms with Gasteiger partial charge in [0.05, 0.1) is 12.3 Å². The summed E-state index contributed by atoms with van der Waals surface area (Å²) < 4.78 is 18.5. The van der Waals surface area contributed by atoms with Gasteiger partial charge in [-0.15, -0.1) is 5.10 Å². The second-order valence-corrected chi connectivity index (χ2v) is 4.85. The Balaban J connectivity index is 1.76. The first-order valence-electron chi connectivity index (χ1n) is 6.83. The summed E-state index contributed by atoms with van der Waals surface area (Å²) in [4.78, 5) is 16.3. The molecule has 6 nitrogen and oxygen atoms in total. The van der Waals surface area contributed by atoms with Gasteiger partial charge in [-0.05, 0) is 31.9 Å². The van der Waals surface area contributed by atoms with Crippen LogP contribution >= 0.6 is 0 Å². The number of rotatable bonds is 5. The van der Waals surface area contributed by atoms with Gasteiger partial charge in [0.1, 0.15) is 17.4 Å². The lowest BCUT2D eigenvalue weighted by atomic mass is 10.2. The first-order valence-corrected chi connectivity index (χ1v) is 6.83. The molecule has 1 amide bonds. The van der Waals surface area contributed by atoms with E-state index in [1.807, 2.05) is 0 Å². The van der Waals surface area contributed by atoms with E-state index in [-0.39, 0.29) is 11.6 Å². The SMILES string of the molecule is CCOc1cc(F)ccc1NC(=O)c1n[nH]c(C2CC2)n1. The number of hydrogen-bond donors (Lipinski definition) is 2. The molecule has 1 fully saturated rings. The van der Waals surface area contributed by atoms with Crippen LogP contribution in [0.1, 0.15) is 42.1 Å². The highest BCUT2D eigenvalue weighted by Gasteiger charge is 2.28. The summed E-state index contributed by atoms with van der Waals surface area (Å²) in [6.45, 7) is 2.16. The molecule has 0 aliphatic heterocycles. The highest BCUT2D eigenvalue weighted by atomic mass is 19.1. The number of benzene rings is 1. The lowest BCUT2D eigenvalue weighted by Crippen LogP contribution is -2.15. The van der Waals surface area contributed by atoms with Gasteiger partial charge in [0.15, 0.2) is 0 Å². The molecule has 21 heavy (non-hydrogen) atoms. The molecule has 0 spiro atoms. The second-order valence-electron chi connectivity index (χ2n) is 4.85. The van der Waals surface area contributed by atoms with E-state index in [2.05, 4.69) is 20.5 Å². The maximum atomic E-state index is 13.2. The van der Waals surface area contributed by atoms with Crippen LogP contribution in [0, 0.1) is 5.82 Å². The fraction of sp³-hybridized carbons (Fsp3) is 0.357. The number of aromatic amines is 1. The zero-order valence-corrected chi connectivity index (χ0v) is 11.5. The molecule has 2 N–H and O–H groups in total. The van der Waals surface area contributed by atoms with Crippen molar-refractivity contribution in [2.24, 2.45) is 0 Å². The Bertz CT molecular complexity index is 667. The van der Waals surface area contributed by atoms with Crippen molar-refractivity contribution in [2.45, 2.75) is 25.7 Å². The second kappa shape index (κ2) is 5.51. The fourth-order valence-corrected chi connectivity index (χ4v) is 1.97. The summed E-state index contributed by atoms with van der Waals surface area (Å²) in [6, 6.07) is 3.94. The van der Waals surface area contributed by atoms with Gasteiger partial charge in [0.2, 0.25) is 5.82 Å². The molecule has 3 rings (SSSR count). The van der Waals surface area contributed by atoms with E-state index in [4.69, 9.17) is 4.74 Å². The monoisotopic (exact) mass is 290 g/mol. The van der Waals surface area contributed by atoms with Crippen LogP contribution in [0.25, 0.3) is 0 Å². The number of ether oxygens (including phenoxy) is 1. The Hall–Kier alpha value is -2.44. The van der Waals surface area contributed by atoms with Crippen LogP contribution in [0.2, 0.25) is 0 Å². The van der Waals surface area contributed by atoms with E-state index in [1.165, 1.54) is 18.2 Å². The predicted octanol–water partition coefficient (Wildman–Crippen LogP) is 2.47. The van der Waals surface area contributed by atoms with Crippen LogP contribution in [0.3, 0.4) is 0 Å². The molecule has 1 saturated carbocycles. The molecule has 1 aromatic carbocycles. The van der Waals surface area contributed by atoms with Crippen molar-refractivity contribution in [3.63, 3.8) is 0 Å². The number of amides is 1. The van der Waals surface area contributed by atoms with Crippen molar-refractivity contribution >= 4 is 11.6 Å². The van der Waals surface area contributed by atoms with E-state index in [0.29, 0.717) is 18.2 Å². The molecule has 1 aromatic heterocycles. The lowest BCUT2D eigenvalue weighted by molar-refractivity contribution is 0.101. The maximum absolute atomic E-state index is 13.2. The summed E-state index contributed by atoms with van der Waals surface area (Å²) in [5.41, 5.74) is 0.390. The Morgan fingerprint density at radius 3 is 3.05 bits per heavy atom. The molecule has 110 valence electrons. The number of aromatic nitrogens is 3. The van der Waals surface area contributed by atoms with E-state index in [9.17, 15) is 9.18 Å². The lowest BCUT2D eigenvalue weighted by Gasteiger charge is -2.10. The zero-order valence-electron chi connectivity index (χ0n) is 11.5. The third-order valence-corrected chi connectivity index (χ3v) is 3.16. The van der Waals surface area contributed by atoms with Crippen LogP contribution < -0.4 is 10.1 Å². The van der Waals surface area contributed by atoms with Gasteiger partial charge in [0, 0.05) is 12.0 Å². The molecule has 1 aliphatic carbocycles. The van der Waals surface area contributed by atoms with Gasteiger partial charge < -0.3 is 10.1 Å². The highest BCUT2D eigenvalue weighted by molar-refractivity contribution is 6.02. The Morgan fingerprint density at radius 2 is 2.33 bits per heavy atom. The minimum atomic E-state index is -0.453. The number of halogens is 1. The first-order chi connectivity index (χ1) is 10.2. The van der Waals surface area contributed by atoms with Crippen molar-refractivity contribution in [1.29, 1.82) is 0 Å². The standard InChI is InChI=1S/C14H15FN4O2/c1-2-21-11-7-9(15)5-6-10(11)16-14(20)13-17-12(18-19-13)8-3-4-8/h5-8H,2-4H2,1H3,(H,16,20)(H,17,18,19). The van der Waals surface area contributed by atoms with Crippen molar-refractivity contribution in [2.75, 3.05) is 11.9 Å². The number of H-pyrrole nitrogens is 1. The summed E-state index contributed by atoms with van der Waals surface area (Å²) >= 11 is 0. The summed E-state index contributed by atoms with van der Waals surface area (Å²) in [5.74, 6) is 0.608. The number of anilines is 1. The molecule has 0 atom stereocenters. The largest absolute Gasteiger partial charge is 0.492 e. The average Bonchev–Trinajstić information content (AvgIpc) is 3.19. The topological polar surface area (TPSA) is 79.9 Å². The maximum Gasteiger partial charge on any atom is 0.295 e. The van der Waals surface area contributed by atoms with Crippen molar-refractivity contribution in [3.8, 4) is 5.75 Å². The fourth-order valence-electron chi connectivity index (χ4n) is 1.97. The minimum absolute atomic E-state index is 0.0728. The number of nitrogens with one attached hydrogen (secondary N) is 2. The molecule has 7 heteroatoms. The molecular formula is C14H15FN4O2. The average molecular weight is 290 g/mol. The number of carbonyl (C=O) groups excluding carboxylic acids is 1. The van der Waals surface area contributed by atoms with Crippen LogP contribution in [-0.2, 0) is 0 Å². The van der Waals surface area contributed by atoms with E-state index < -0.39 is 11.7 Å².